The molecule has 0 aromatic heterocycles. The van der Waals surface area contributed by atoms with E-state index in [9.17, 15) is 0 Å². The van der Waals surface area contributed by atoms with Crippen LogP contribution in [-0.4, -0.2) is 5.48 Å². The van der Waals surface area contributed by atoms with Crippen molar-refractivity contribution in [3.05, 3.63) is 126 Å². The van der Waals surface area contributed by atoms with Crippen LogP contribution in [-0.2, 0) is 6.16 Å². The fraction of sp³-hybridized carbons (Fsp3) is 0.0400. The van der Waals surface area contributed by atoms with Gasteiger partial charge in [-0.15, -0.1) is 0 Å². The zero-order valence-electron chi connectivity index (χ0n) is 15.9. The number of hydrogen-bond acceptors (Lipinski definition) is 0. The molecule has 0 aliphatic carbocycles. The molecule has 1 nitrogen and oxygen atoms in total. The molecule has 0 atom stereocenters. The maximum atomic E-state index is 6.61. The molecule has 4 aromatic rings. The first-order chi connectivity index (χ1) is 13.3. The van der Waals surface area contributed by atoms with Gasteiger partial charge in [-0.25, -0.2) is 0 Å². The second-order valence-corrected chi connectivity index (χ2v) is 10.5. The molecule has 0 heterocycles. The van der Waals surface area contributed by atoms with Crippen LogP contribution in [0, 0.1) is 0 Å². The van der Waals surface area contributed by atoms with E-state index < -0.39 is 7.26 Å². The van der Waals surface area contributed by atoms with Gasteiger partial charge in [0.1, 0.15) is 23.2 Å². The van der Waals surface area contributed by atoms with Crippen molar-refractivity contribution in [1.29, 1.82) is 0 Å². The third-order valence-corrected chi connectivity index (χ3v) is 9.68. The molecule has 0 unspecified atom stereocenters. The molecule has 0 radical (unpaired) electrons. The lowest BCUT2D eigenvalue weighted by molar-refractivity contribution is -0.00000633. The van der Waals surface area contributed by atoms with Crippen molar-refractivity contribution in [1.82, 2.24) is 0 Å². The normalized spacial score (nSPS) is 10.5. The standard InChI is InChI=1S/C25H21ClP.ClH.H2O/c26-25-19-11-10-12-21(25)20-27(22-13-4-1-5-14-22,23-15-6-2-7-16-23)24-17-8-3-9-18-24;;/h1-19H,20H2;1H;1H2/q+1;;/p-1. The van der Waals surface area contributed by atoms with E-state index >= 15 is 0 Å². The minimum atomic E-state index is -1.89. The third kappa shape index (κ3) is 4.71. The van der Waals surface area contributed by atoms with Crippen LogP contribution in [0.4, 0.5) is 0 Å². The molecule has 0 saturated heterocycles. The zero-order valence-corrected chi connectivity index (χ0v) is 18.3. The highest BCUT2D eigenvalue weighted by atomic mass is 35.5. The Labute approximate surface area is 184 Å². The van der Waals surface area contributed by atoms with Crippen molar-refractivity contribution in [2.75, 3.05) is 0 Å². The lowest BCUT2D eigenvalue weighted by Gasteiger charge is -2.28. The van der Waals surface area contributed by atoms with E-state index in [1.54, 1.807) is 0 Å². The van der Waals surface area contributed by atoms with Crippen molar-refractivity contribution < 1.29 is 17.9 Å². The Balaban J connectivity index is 0.00000150. The van der Waals surface area contributed by atoms with Crippen molar-refractivity contribution in [3.63, 3.8) is 0 Å². The molecule has 0 saturated carbocycles. The Morgan fingerprint density at radius 2 is 0.862 bits per heavy atom. The summed E-state index contributed by atoms with van der Waals surface area (Å²) in [5.41, 5.74) is 1.20. The van der Waals surface area contributed by atoms with Crippen molar-refractivity contribution in [2.24, 2.45) is 0 Å². The number of halogens is 2. The molecule has 0 aliphatic heterocycles. The second kappa shape index (κ2) is 10.6. The van der Waals surface area contributed by atoms with Crippen LogP contribution in [0.1, 0.15) is 5.56 Å². The summed E-state index contributed by atoms with van der Waals surface area (Å²) in [4.78, 5) is 0. The van der Waals surface area contributed by atoms with Gasteiger partial charge in [0.05, 0.1) is 6.16 Å². The average molecular weight is 441 g/mol. The molecule has 0 spiro atoms. The Kier molecular flexibility index (Phi) is 8.44. The maximum Gasteiger partial charge on any atom is 0.116 e. The molecule has 148 valence electrons. The molecule has 4 heteroatoms. The Morgan fingerprint density at radius 1 is 0.517 bits per heavy atom. The molecular weight excluding hydrogens is 418 g/mol. The van der Waals surface area contributed by atoms with Crippen LogP contribution in [0.5, 0.6) is 0 Å². The summed E-state index contributed by atoms with van der Waals surface area (Å²) in [7, 11) is -1.89. The van der Waals surface area contributed by atoms with Gasteiger partial charge in [-0.05, 0) is 42.5 Å². The van der Waals surface area contributed by atoms with Crippen LogP contribution < -0.4 is 28.3 Å². The molecule has 29 heavy (non-hydrogen) atoms. The highest BCUT2D eigenvalue weighted by Gasteiger charge is 2.45. The van der Waals surface area contributed by atoms with E-state index in [0.29, 0.717) is 0 Å². The van der Waals surface area contributed by atoms with Gasteiger partial charge >= 0.3 is 0 Å². The smallest absolute Gasteiger partial charge is 0.116 e. The summed E-state index contributed by atoms with van der Waals surface area (Å²) in [6, 6.07) is 41.0. The minimum absolute atomic E-state index is 0. The third-order valence-electron chi connectivity index (χ3n) is 4.96. The van der Waals surface area contributed by atoms with Crippen LogP contribution >= 0.6 is 18.9 Å². The topological polar surface area (TPSA) is 31.5 Å². The van der Waals surface area contributed by atoms with E-state index in [1.165, 1.54) is 21.5 Å². The van der Waals surface area contributed by atoms with Gasteiger partial charge in [0.25, 0.3) is 0 Å². The molecule has 0 aliphatic rings. The molecular formula is C25H23Cl2OP. The first kappa shape index (κ1) is 23.1. The molecule has 4 aromatic carbocycles. The minimum Gasteiger partial charge on any atom is -1.00 e. The fourth-order valence-electron chi connectivity index (χ4n) is 3.65. The first-order valence-corrected chi connectivity index (χ1v) is 11.4. The van der Waals surface area contributed by atoms with E-state index in [0.717, 1.165) is 11.2 Å². The highest BCUT2D eigenvalue weighted by molar-refractivity contribution is 7.95. The molecule has 4 rings (SSSR count). The fourth-order valence-corrected chi connectivity index (χ4v) is 8.22. The van der Waals surface area contributed by atoms with Gasteiger partial charge in [0.2, 0.25) is 0 Å². The number of benzene rings is 4. The summed E-state index contributed by atoms with van der Waals surface area (Å²) >= 11 is 6.61. The number of hydrogen-bond donors (Lipinski definition) is 0. The largest absolute Gasteiger partial charge is 1.00 e. The summed E-state index contributed by atoms with van der Waals surface area (Å²) in [6.45, 7) is 0. The number of rotatable bonds is 5. The summed E-state index contributed by atoms with van der Waals surface area (Å²) in [5, 5.41) is 4.97. The summed E-state index contributed by atoms with van der Waals surface area (Å²) in [5.74, 6) is 0. The monoisotopic (exact) mass is 440 g/mol. The quantitative estimate of drug-likeness (QED) is 0.425. The molecule has 2 N–H and O–H groups in total. The Bertz CT molecular complexity index is 912. The first-order valence-electron chi connectivity index (χ1n) is 9.09. The Hall–Kier alpha value is -2.15. The Morgan fingerprint density at radius 3 is 1.24 bits per heavy atom. The summed E-state index contributed by atoms with van der Waals surface area (Å²) < 4.78 is 0. The molecule has 0 fully saturated rings. The molecule has 0 bridgehead atoms. The van der Waals surface area contributed by atoms with Gasteiger partial charge in [-0.3, -0.25) is 0 Å². The zero-order chi connectivity index (χ0) is 18.5. The molecule has 0 amide bonds. The van der Waals surface area contributed by atoms with Gasteiger partial charge in [0.15, 0.2) is 0 Å². The highest BCUT2D eigenvalue weighted by Crippen LogP contribution is 2.58. The second-order valence-electron chi connectivity index (χ2n) is 6.57. The predicted molar refractivity (Wildman–Crippen MR) is 124 cm³/mol. The van der Waals surface area contributed by atoms with Crippen molar-refractivity contribution in [2.45, 2.75) is 6.16 Å². The average Bonchev–Trinajstić information content (AvgIpc) is 2.75. The lowest BCUT2D eigenvalue weighted by atomic mass is 10.2. The van der Waals surface area contributed by atoms with E-state index in [4.69, 9.17) is 11.6 Å². The van der Waals surface area contributed by atoms with E-state index in [2.05, 4.69) is 103 Å². The SMILES string of the molecule is Clc1ccccc1C[P+](c1ccccc1)(c1ccccc1)c1ccccc1.O.[Cl-]. The van der Waals surface area contributed by atoms with Crippen LogP contribution in [0.2, 0.25) is 5.02 Å². The van der Waals surface area contributed by atoms with E-state index in [1.807, 2.05) is 12.1 Å². The van der Waals surface area contributed by atoms with Gasteiger partial charge in [-0.1, -0.05) is 84.4 Å². The van der Waals surface area contributed by atoms with Crippen LogP contribution in [0.15, 0.2) is 115 Å². The van der Waals surface area contributed by atoms with Crippen molar-refractivity contribution >= 4 is 34.8 Å². The van der Waals surface area contributed by atoms with Gasteiger partial charge in [-0.2, -0.15) is 0 Å². The predicted octanol–water partition coefficient (Wildman–Crippen LogP) is 2.01. The van der Waals surface area contributed by atoms with E-state index in [-0.39, 0.29) is 17.9 Å². The summed E-state index contributed by atoms with van der Waals surface area (Å²) in [6.07, 6.45) is 0.907. The maximum absolute atomic E-state index is 6.61. The lowest BCUT2D eigenvalue weighted by Crippen LogP contribution is -3.00. The van der Waals surface area contributed by atoms with Crippen LogP contribution in [0.25, 0.3) is 0 Å². The van der Waals surface area contributed by atoms with Gasteiger partial charge in [0, 0.05) is 10.6 Å². The van der Waals surface area contributed by atoms with Crippen molar-refractivity contribution in [3.8, 4) is 0 Å². The van der Waals surface area contributed by atoms with Crippen LogP contribution in [0.3, 0.4) is 0 Å². The van der Waals surface area contributed by atoms with Gasteiger partial charge < -0.3 is 17.9 Å².